The third-order valence-electron chi connectivity index (χ3n) is 5.17. The molecule has 2 aromatic rings. The maximum absolute atomic E-state index is 5.42. The molecule has 7 heteroatoms. The minimum Gasteiger partial charge on any atom is -0.496 e. The van der Waals surface area contributed by atoms with Gasteiger partial charge in [0.1, 0.15) is 5.75 Å². The topological polar surface area (TPSA) is 58.1 Å². The van der Waals surface area contributed by atoms with Crippen LogP contribution in [0.1, 0.15) is 16.7 Å². The fourth-order valence-electron chi connectivity index (χ4n) is 3.40. The van der Waals surface area contributed by atoms with Gasteiger partial charge in [0.05, 0.1) is 20.3 Å². The van der Waals surface area contributed by atoms with Gasteiger partial charge in [-0.3, -0.25) is 4.99 Å². The van der Waals surface area contributed by atoms with Crippen molar-refractivity contribution in [2.24, 2.45) is 4.99 Å². The molecule has 3 rings (SSSR count). The first kappa shape index (κ1) is 24.3. The molecule has 1 fully saturated rings. The minimum atomic E-state index is 0. The molecule has 1 aliphatic rings. The molecule has 164 valence electrons. The van der Waals surface area contributed by atoms with Gasteiger partial charge in [0.25, 0.3) is 0 Å². The van der Waals surface area contributed by atoms with Crippen molar-refractivity contribution in [2.45, 2.75) is 19.9 Å². The number of guanidine groups is 1. The Morgan fingerprint density at radius 2 is 1.77 bits per heavy atom. The number of aryl methyl sites for hydroxylation is 1. The van der Waals surface area contributed by atoms with Gasteiger partial charge in [-0.15, -0.1) is 24.0 Å². The number of benzene rings is 2. The Bertz CT molecular complexity index is 805. The number of hydrogen-bond donors (Lipinski definition) is 2. The Morgan fingerprint density at radius 1 is 1.07 bits per heavy atom. The van der Waals surface area contributed by atoms with E-state index < -0.39 is 0 Å². The number of rotatable bonds is 7. The van der Waals surface area contributed by atoms with E-state index in [-0.39, 0.29) is 24.0 Å². The number of anilines is 1. The Morgan fingerprint density at radius 3 is 2.43 bits per heavy atom. The molecule has 0 atom stereocenters. The molecule has 0 saturated carbocycles. The summed E-state index contributed by atoms with van der Waals surface area (Å²) in [5.41, 5.74) is 4.89. The van der Waals surface area contributed by atoms with E-state index in [2.05, 4.69) is 69.9 Å². The van der Waals surface area contributed by atoms with Crippen LogP contribution in [0.5, 0.6) is 5.75 Å². The molecule has 0 aromatic heterocycles. The smallest absolute Gasteiger partial charge is 0.191 e. The molecule has 2 N–H and O–H groups in total. The van der Waals surface area contributed by atoms with Crippen molar-refractivity contribution >= 4 is 35.6 Å². The monoisotopic (exact) mass is 524 g/mol. The third kappa shape index (κ3) is 7.05. The van der Waals surface area contributed by atoms with Gasteiger partial charge in [-0.05, 0) is 48.2 Å². The zero-order chi connectivity index (χ0) is 20.5. The van der Waals surface area contributed by atoms with Crippen molar-refractivity contribution in [3.63, 3.8) is 0 Å². The lowest BCUT2D eigenvalue weighted by Crippen LogP contribution is -2.38. The number of ether oxygens (including phenoxy) is 2. The average molecular weight is 524 g/mol. The van der Waals surface area contributed by atoms with Gasteiger partial charge in [-0.2, -0.15) is 0 Å². The maximum Gasteiger partial charge on any atom is 0.191 e. The highest BCUT2D eigenvalue weighted by Crippen LogP contribution is 2.19. The molecule has 0 unspecified atom stereocenters. The van der Waals surface area contributed by atoms with Crippen molar-refractivity contribution < 1.29 is 9.47 Å². The summed E-state index contributed by atoms with van der Waals surface area (Å²) in [7, 11) is 3.51. The van der Waals surface area contributed by atoms with Crippen molar-refractivity contribution in [1.82, 2.24) is 10.6 Å². The summed E-state index contributed by atoms with van der Waals surface area (Å²) in [6.07, 6.45) is 0.908. The quantitative estimate of drug-likeness (QED) is 0.331. The molecule has 1 heterocycles. The zero-order valence-corrected chi connectivity index (χ0v) is 20.4. The Labute approximate surface area is 197 Å². The van der Waals surface area contributed by atoms with Crippen molar-refractivity contribution in [1.29, 1.82) is 0 Å². The standard InChI is InChI=1S/C23H32N4O2.HI/c1-18-4-5-19(16-22(18)28-3)10-11-25-23(24-2)26-17-20-6-8-21(9-7-20)27-12-14-29-15-13-27;/h4-9,16H,10-15,17H2,1-3H3,(H2,24,25,26);1H. The number of nitrogens with one attached hydrogen (secondary N) is 2. The van der Waals surface area contributed by atoms with Crippen LogP contribution in [-0.2, 0) is 17.7 Å². The second-order valence-electron chi connectivity index (χ2n) is 7.17. The lowest BCUT2D eigenvalue weighted by Gasteiger charge is -2.28. The zero-order valence-electron chi connectivity index (χ0n) is 18.1. The first-order valence-corrected chi connectivity index (χ1v) is 10.2. The molecular formula is C23H33IN4O2. The molecule has 1 saturated heterocycles. The van der Waals surface area contributed by atoms with Crippen molar-refractivity contribution in [3.05, 3.63) is 59.2 Å². The summed E-state index contributed by atoms with van der Waals surface area (Å²) in [6.45, 7) is 7.13. The summed E-state index contributed by atoms with van der Waals surface area (Å²) >= 11 is 0. The predicted octanol–water partition coefficient (Wildman–Crippen LogP) is 3.37. The normalized spacial score (nSPS) is 14.1. The van der Waals surface area contributed by atoms with Gasteiger partial charge >= 0.3 is 0 Å². The molecule has 0 amide bonds. The molecule has 0 spiro atoms. The van der Waals surface area contributed by atoms with Crippen LogP contribution in [0.2, 0.25) is 0 Å². The highest BCUT2D eigenvalue weighted by molar-refractivity contribution is 14.0. The van der Waals surface area contributed by atoms with E-state index in [1.54, 1.807) is 14.2 Å². The molecule has 30 heavy (non-hydrogen) atoms. The van der Waals surface area contributed by atoms with E-state index in [4.69, 9.17) is 9.47 Å². The number of hydrogen-bond acceptors (Lipinski definition) is 4. The summed E-state index contributed by atoms with van der Waals surface area (Å²) in [5, 5.41) is 6.76. The molecular weight excluding hydrogens is 491 g/mol. The number of methoxy groups -OCH3 is 1. The van der Waals surface area contributed by atoms with Gasteiger partial charge in [0.2, 0.25) is 0 Å². The predicted molar refractivity (Wildman–Crippen MR) is 135 cm³/mol. The molecule has 2 aromatic carbocycles. The average Bonchev–Trinajstić information content (AvgIpc) is 2.78. The van der Waals surface area contributed by atoms with Gasteiger partial charge in [0, 0.05) is 38.9 Å². The van der Waals surface area contributed by atoms with E-state index in [9.17, 15) is 0 Å². The van der Waals surface area contributed by atoms with E-state index in [0.29, 0.717) is 0 Å². The van der Waals surface area contributed by atoms with Gasteiger partial charge in [0.15, 0.2) is 5.96 Å². The third-order valence-corrected chi connectivity index (χ3v) is 5.17. The summed E-state index contributed by atoms with van der Waals surface area (Å²) in [6, 6.07) is 15.1. The largest absolute Gasteiger partial charge is 0.496 e. The SMILES string of the molecule is CN=C(NCCc1ccc(C)c(OC)c1)NCc1ccc(N2CCOCC2)cc1.I. The van der Waals surface area contributed by atoms with E-state index >= 15 is 0 Å². The van der Waals surface area contributed by atoms with Crippen LogP contribution in [-0.4, -0.2) is 53.0 Å². The summed E-state index contributed by atoms with van der Waals surface area (Å²) < 4.78 is 10.8. The second kappa shape index (κ2) is 12.6. The Hall–Kier alpha value is -2.00. The van der Waals surface area contributed by atoms with Crippen molar-refractivity contribution in [2.75, 3.05) is 51.9 Å². The summed E-state index contributed by atoms with van der Waals surface area (Å²) in [4.78, 5) is 6.68. The van der Waals surface area contributed by atoms with E-state index in [1.165, 1.54) is 16.8 Å². The molecule has 6 nitrogen and oxygen atoms in total. The van der Waals surface area contributed by atoms with Crippen LogP contribution in [0.25, 0.3) is 0 Å². The Balaban J connectivity index is 0.00000320. The van der Waals surface area contributed by atoms with Crippen LogP contribution < -0.4 is 20.3 Å². The number of halogens is 1. The number of aliphatic imine (C=N–C) groups is 1. The van der Waals surface area contributed by atoms with Gasteiger partial charge < -0.3 is 25.0 Å². The number of nitrogens with zero attached hydrogens (tertiary/aromatic N) is 2. The van der Waals surface area contributed by atoms with Crippen molar-refractivity contribution in [3.8, 4) is 5.75 Å². The van der Waals surface area contributed by atoms with Gasteiger partial charge in [-0.1, -0.05) is 24.3 Å². The van der Waals surface area contributed by atoms with Gasteiger partial charge in [-0.25, -0.2) is 0 Å². The minimum absolute atomic E-state index is 0. The fourth-order valence-corrected chi connectivity index (χ4v) is 3.40. The summed E-state index contributed by atoms with van der Waals surface area (Å²) in [5.74, 6) is 1.74. The first-order chi connectivity index (χ1) is 14.2. The lowest BCUT2D eigenvalue weighted by atomic mass is 10.1. The first-order valence-electron chi connectivity index (χ1n) is 10.2. The van der Waals surface area contributed by atoms with Crippen LogP contribution in [0.15, 0.2) is 47.5 Å². The second-order valence-corrected chi connectivity index (χ2v) is 7.17. The Kier molecular flexibility index (Phi) is 10.2. The van der Waals surface area contributed by atoms with E-state index in [0.717, 1.165) is 63.1 Å². The lowest BCUT2D eigenvalue weighted by molar-refractivity contribution is 0.122. The molecule has 0 radical (unpaired) electrons. The van der Waals surface area contributed by atoms with E-state index in [1.807, 2.05) is 0 Å². The molecule has 0 aliphatic carbocycles. The highest BCUT2D eigenvalue weighted by atomic mass is 127. The number of morpholine rings is 1. The molecule has 0 bridgehead atoms. The van der Waals surface area contributed by atoms with Crippen LogP contribution in [0.4, 0.5) is 5.69 Å². The highest BCUT2D eigenvalue weighted by Gasteiger charge is 2.10. The fraction of sp³-hybridized carbons (Fsp3) is 0.435. The van der Waals surface area contributed by atoms with Crippen LogP contribution >= 0.6 is 24.0 Å². The van der Waals surface area contributed by atoms with Crippen LogP contribution in [0, 0.1) is 6.92 Å². The van der Waals surface area contributed by atoms with Crippen LogP contribution in [0.3, 0.4) is 0 Å². The molecule has 1 aliphatic heterocycles. The maximum atomic E-state index is 5.42.